The number of hydrogen-bond donors (Lipinski definition) is 2. The van der Waals surface area contributed by atoms with Gasteiger partial charge in [0, 0.05) is 30.7 Å². The lowest BCUT2D eigenvalue weighted by Gasteiger charge is -2.32. The molecule has 2 fully saturated rings. The number of rotatable bonds is 5. The first-order valence-corrected chi connectivity index (χ1v) is 8.09. The maximum absolute atomic E-state index is 12.2. The molecule has 0 bridgehead atoms. The van der Waals surface area contributed by atoms with Gasteiger partial charge in [0.2, 0.25) is 11.8 Å². The predicted octanol–water partition coefficient (Wildman–Crippen LogP) is 1.62. The minimum atomic E-state index is 0.121. The number of nitrogens with one attached hydrogen (secondary N) is 2. The summed E-state index contributed by atoms with van der Waals surface area (Å²) in [6.45, 7) is 1.78. The van der Waals surface area contributed by atoms with Gasteiger partial charge in [0.15, 0.2) is 0 Å². The van der Waals surface area contributed by atoms with Gasteiger partial charge >= 0.3 is 0 Å². The van der Waals surface area contributed by atoms with Gasteiger partial charge in [-0.05, 0) is 37.8 Å². The van der Waals surface area contributed by atoms with E-state index in [0.717, 1.165) is 44.5 Å². The highest BCUT2D eigenvalue weighted by molar-refractivity contribution is 5.82. The van der Waals surface area contributed by atoms with Gasteiger partial charge < -0.3 is 15.5 Å². The number of carbonyl (C=O) groups is 2. The minimum Gasteiger partial charge on any atom is -0.376 e. The van der Waals surface area contributed by atoms with E-state index < -0.39 is 0 Å². The van der Waals surface area contributed by atoms with Crippen LogP contribution in [0.5, 0.6) is 0 Å². The average molecular weight is 301 g/mol. The highest BCUT2D eigenvalue weighted by atomic mass is 16.2. The molecule has 2 aliphatic rings. The van der Waals surface area contributed by atoms with Crippen LogP contribution >= 0.6 is 0 Å². The fourth-order valence-electron chi connectivity index (χ4n) is 2.78. The smallest absolute Gasteiger partial charge is 0.241 e. The van der Waals surface area contributed by atoms with Crippen LogP contribution in [0, 0.1) is 5.92 Å². The van der Waals surface area contributed by atoms with Crippen LogP contribution in [-0.2, 0) is 9.59 Å². The molecule has 2 N–H and O–H groups in total. The first-order chi connectivity index (χ1) is 10.7. The van der Waals surface area contributed by atoms with Gasteiger partial charge in [-0.1, -0.05) is 18.2 Å². The van der Waals surface area contributed by atoms with Crippen molar-refractivity contribution in [2.24, 2.45) is 5.92 Å². The summed E-state index contributed by atoms with van der Waals surface area (Å²) in [4.78, 5) is 25.8. The summed E-state index contributed by atoms with van der Waals surface area (Å²) in [6, 6.07) is 9.98. The second-order valence-electron chi connectivity index (χ2n) is 6.16. The van der Waals surface area contributed by atoms with E-state index in [0.29, 0.717) is 6.54 Å². The van der Waals surface area contributed by atoms with E-state index >= 15 is 0 Å². The number of piperidine rings is 1. The van der Waals surface area contributed by atoms with Crippen molar-refractivity contribution in [2.45, 2.75) is 31.7 Å². The molecule has 0 aromatic heterocycles. The van der Waals surface area contributed by atoms with E-state index in [1.165, 1.54) is 0 Å². The second kappa shape index (κ2) is 6.81. The zero-order chi connectivity index (χ0) is 15.4. The molecule has 0 atom stereocenters. The Morgan fingerprint density at radius 3 is 2.36 bits per heavy atom. The van der Waals surface area contributed by atoms with Crippen molar-refractivity contribution in [3.8, 4) is 0 Å². The first kappa shape index (κ1) is 14.9. The fourth-order valence-corrected chi connectivity index (χ4v) is 2.78. The molecule has 0 spiro atoms. The number of carbonyl (C=O) groups excluding carboxylic acids is 2. The number of nitrogens with zero attached hydrogens (tertiary/aromatic N) is 1. The maximum atomic E-state index is 12.2. The van der Waals surface area contributed by atoms with Crippen molar-refractivity contribution < 1.29 is 9.59 Å². The van der Waals surface area contributed by atoms with Gasteiger partial charge in [-0.25, -0.2) is 0 Å². The van der Waals surface area contributed by atoms with Gasteiger partial charge in [-0.15, -0.1) is 0 Å². The summed E-state index contributed by atoms with van der Waals surface area (Å²) < 4.78 is 0. The summed E-state index contributed by atoms with van der Waals surface area (Å²) in [6.07, 6.45) is 3.79. The molecule has 1 saturated carbocycles. The average Bonchev–Trinajstić information content (AvgIpc) is 3.39. The topological polar surface area (TPSA) is 61.4 Å². The van der Waals surface area contributed by atoms with Crippen LogP contribution in [0.3, 0.4) is 0 Å². The molecule has 1 aromatic carbocycles. The third-order valence-electron chi connectivity index (χ3n) is 4.36. The summed E-state index contributed by atoms with van der Waals surface area (Å²) in [5.74, 6) is 0.584. The normalized spacial score (nSPS) is 18.8. The Morgan fingerprint density at radius 2 is 1.73 bits per heavy atom. The number of benzene rings is 1. The van der Waals surface area contributed by atoms with Gasteiger partial charge in [0.25, 0.3) is 0 Å². The van der Waals surface area contributed by atoms with Crippen molar-refractivity contribution in [2.75, 3.05) is 25.0 Å². The van der Waals surface area contributed by atoms with Crippen molar-refractivity contribution >= 4 is 17.5 Å². The molecule has 1 aliphatic carbocycles. The number of para-hydroxylation sites is 1. The lowest BCUT2D eigenvalue weighted by Crippen LogP contribution is -2.48. The van der Waals surface area contributed by atoms with Gasteiger partial charge in [0.1, 0.15) is 0 Å². The van der Waals surface area contributed by atoms with E-state index in [4.69, 9.17) is 0 Å². The number of anilines is 1. The number of hydrogen-bond acceptors (Lipinski definition) is 3. The molecule has 5 nitrogen and oxygen atoms in total. The molecule has 1 aliphatic heterocycles. The van der Waals surface area contributed by atoms with Gasteiger partial charge in [-0.3, -0.25) is 9.59 Å². The maximum Gasteiger partial charge on any atom is 0.241 e. The van der Waals surface area contributed by atoms with Crippen LogP contribution in [0.25, 0.3) is 0 Å². The van der Waals surface area contributed by atoms with Crippen LogP contribution < -0.4 is 10.6 Å². The highest BCUT2D eigenvalue weighted by Crippen LogP contribution is 2.29. The quantitative estimate of drug-likeness (QED) is 0.868. The molecular formula is C17H23N3O2. The van der Waals surface area contributed by atoms with E-state index in [1.807, 2.05) is 35.2 Å². The number of amides is 2. The molecule has 3 rings (SSSR count). The predicted molar refractivity (Wildman–Crippen MR) is 85.4 cm³/mol. The molecule has 2 amide bonds. The largest absolute Gasteiger partial charge is 0.376 e. The van der Waals surface area contributed by atoms with Crippen molar-refractivity contribution in [1.82, 2.24) is 10.2 Å². The summed E-state index contributed by atoms with van der Waals surface area (Å²) in [5, 5.41) is 6.25. The van der Waals surface area contributed by atoms with Crippen LogP contribution in [0.1, 0.15) is 25.7 Å². The molecular weight excluding hydrogens is 278 g/mol. The Morgan fingerprint density at radius 1 is 1.05 bits per heavy atom. The Bertz CT molecular complexity index is 520. The third kappa shape index (κ3) is 4.00. The SMILES string of the molecule is O=C(NC1CCN(C(=O)CNc2ccccc2)CC1)C1CC1. The highest BCUT2D eigenvalue weighted by Gasteiger charge is 2.32. The molecule has 0 radical (unpaired) electrons. The Kier molecular flexibility index (Phi) is 4.61. The molecule has 22 heavy (non-hydrogen) atoms. The van der Waals surface area contributed by atoms with E-state index in [2.05, 4.69) is 10.6 Å². The van der Waals surface area contributed by atoms with Crippen molar-refractivity contribution in [3.05, 3.63) is 30.3 Å². The van der Waals surface area contributed by atoms with Crippen LogP contribution in [-0.4, -0.2) is 42.4 Å². The first-order valence-electron chi connectivity index (χ1n) is 8.09. The monoisotopic (exact) mass is 301 g/mol. The van der Waals surface area contributed by atoms with Crippen LogP contribution in [0.2, 0.25) is 0 Å². The Hall–Kier alpha value is -2.04. The summed E-state index contributed by atoms with van der Waals surface area (Å²) in [5.41, 5.74) is 0.961. The summed E-state index contributed by atoms with van der Waals surface area (Å²) >= 11 is 0. The van der Waals surface area contributed by atoms with Crippen molar-refractivity contribution in [3.63, 3.8) is 0 Å². The fraction of sp³-hybridized carbons (Fsp3) is 0.529. The second-order valence-corrected chi connectivity index (χ2v) is 6.16. The summed E-state index contributed by atoms with van der Waals surface area (Å²) in [7, 11) is 0. The molecule has 1 saturated heterocycles. The molecule has 118 valence electrons. The lowest BCUT2D eigenvalue weighted by molar-refractivity contribution is -0.130. The van der Waals surface area contributed by atoms with E-state index in [-0.39, 0.29) is 23.8 Å². The van der Waals surface area contributed by atoms with Crippen LogP contribution in [0.15, 0.2) is 30.3 Å². The third-order valence-corrected chi connectivity index (χ3v) is 4.36. The Labute approximate surface area is 131 Å². The van der Waals surface area contributed by atoms with E-state index in [9.17, 15) is 9.59 Å². The molecule has 5 heteroatoms. The zero-order valence-electron chi connectivity index (χ0n) is 12.8. The minimum absolute atomic E-state index is 0.121. The van der Waals surface area contributed by atoms with Crippen LogP contribution in [0.4, 0.5) is 5.69 Å². The number of likely N-dealkylation sites (tertiary alicyclic amines) is 1. The standard InChI is InChI=1S/C17H23N3O2/c21-16(12-18-14-4-2-1-3-5-14)20-10-8-15(9-11-20)19-17(22)13-6-7-13/h1-5,13,15,18H,6-12H2,(H,19,22). The zero-order valence-corrected chi connectivity index (χ0v) is 12.8. The Balaban J connectivity index is 1.38. The van der Waals surface area contributed by atoms with Crippen molar-refractivity contribution in [1.29, 1.82) is 0 Å². The molecule has 1 heterocycles. The van der Waals surface area contributed by atoms with Gasteiger partial charge in [-0.2, -0.15) is 0 Å². The lowest BCUT2D eigenvalue weighted by atomic mass is 10.0. The molecule has 1 aromatic rings. The molecule has 0 unspecified atom stereocenters. The van der Waals surface area contributed by atoms with E-state index in [1.54, 1.807) is 0 Å². The van der Waals surface area contributed by atoms with Gasteiger partial charge in [0.05, 0.1) is 6.54 Å².